The Morgan fingerprint density at radius 3 is 2.52 bits per heavy atom. The molecule has 0 aromatic heterocycles. The van der Waals surface area contributed by atoms with Gasteiger partial charge in [0.15, 0.2) is 6.61 Å². The lowest BCUT2D eigenvalue weighted by molar-refractivity contribution is -0.118. The first-order valence-electron chi connectivity index (χ1n) is 9.18. The zero-order chi connectivity index (χ0) is 19.2. The Labute approximate surface area is 168 Å². The van der Waals surface area contributed by atoms with Crippen molar-refractivity contribution in [3.63, 3.8) is 0 Å². The molecule has 27 heavy (non-hydrogen) atoms. The van der Waals surface area contributed by atoms with E-state index in [1.165, 1.54) is 5.56 Å². The van der Waals surface area contributed by atoms with E-state index in [9.17, 15) is 4.79 Å². The number of rotatable bonds is 6. The highest BCUT2D eigenvalue weighted by atomic mass is 79.9. The molecule has 1 heterocycles. The van der Waals surface area contributed by atoms with Gasteiger partial charge in [-0.2, -0.15) is 0 Å². The third kappa shape index (κ3) is 5.47. The van der Waals surface area contributed by atoms with E-state index in [0.29, 0.717) is 11.7 Å². The van der Waals surface area contributed by atoms with Gasteiger partial charge in [0, 0.05) is 23.2 Å². The highest BCUT2D eigenvalue weighted by Crippen LogP contribution is 2.30. The Balaban J connectivity index is 1.53. The van der Waals surface area contributed by atoms with E-state index in [4.69, 9.17) is 9.47 Å². The smallest absolute Gasteiger partial charge is 0.262 e. The second-order valence-electron chi connectivity index (χ2n) is 6.83. The van der Waals surface area contributed by atoms with Crippen molar-refractivity contribution in [3.8, 4) is 5.75 Å². The minimum atomic E-state index is -0.186. The standard InChI is InChI=1S/C21H25BrN2O3/c1-15(2)16-3-6-18(7-4-16)27-14-21(25)23-17-5-8-20(19(22)13-17)24-9-11-26-12-10-24/h3-8,13,15H,9-12,14H2,1-2H3,(H,23,25). The summed E-state index contributed by atoms with van der Waals surface area (Å²) in [5.74, 6) is 0.980. The summed E-state index contributed by atoms with van der Waals surface area (Å²) in [5.41, 5.74) is 3.09. The third-order valence-corrected chi connectivity index (χ3v) is 5.14. The van der Waals surface area contributed by atoms with Crippen molar-refractivity contribution < 1.29 is 14.3 Å². The first-order chi connectivity index (χ1) is 13.0. The van der Waals surface area contributed by atoms with Gasteiger partial charge in [-0.25, -0.2) is 0 Å². The van der Waals surface area contributed by atoms with Crippen molar-refractivity contribution in [3.05, 3.63) is 52.5 Å². The zero-order valence-electron chi connectivity index (χ0n) is 15.7. The van der Waals surface area contributed by atoms with Gasteiger partial charge in [-0.3, -0.25) is 4.79 Å². The van der Waals surface area contributed by atoms with Crippen LogP contribution in [0.4, 0.5) is 11.4 Å². The first-order valence-corrected chi connectivity index (χ1v) is 9.97. The number of halogens is 1. The van der Waals surface area contributed by atoms with Crippen molar-refractivity contribution in [2.24, 2.45) is 0 Å². The number of morpholine rings is 1. The Hall–Kier alpha value is -2.05. The van der Waals surface area contributed by atoms with Gasteiger partial charge in [0.2, 0.25) is 0 Å². The molecule has 2 aromatic rings. The van der Waals surface area contributed by atoms with Gasteiger partial charge in [0.1, 0.15) is 5.75 Å². The maximum Gasteiger partial charge on any atom is 0.262 e. The third-order valence-electron chi connectivity index (χ3n) is 4.50. The molecule has 1 aliphatic rings. The molecule has 1 amide bonds. The fourth-order valence-corrected chi connectivity index (χ4v) is 3.57. The quantitative estimate of drug-likeness (QED) is 0.733. The van der Waals surface area contributed by atoms with Crippen LogP contribution in [0.25, 0.3) is 0 Å². The highest BCUT2D eigenvalue weighted by molar-refractivity contribution is 9.10. The fourth-order valence-electron chi connectivity index (χ4n) is 2.94. The summed E-state index contributed by atoms with van der Waals surface area (Å²) in [6.07, 6.45) is 0. The number of hydrogen-bond acceptors (Lipinski definition) is 4. The molecule has 0 bridgehead atoms. The van der Waals surface area contributed by atoms with Crippen molar-refractivity contribution in [1.82, 2.24) is 0 Å². The summed E-state index contributed by atoms with van der Waals surface area (Å²) in [5, 5.41) is 2.88. The molecular formula is C21H25BrN2O3. The van der Waals surface area contributed by atoms with Crippen molar-refractivity contribution in [2.75, 3.05) is 43.1 Å². The summed E-state index contributed by atoms with van der Waals surface area (Å²) >= 11 is 3.60. The Kier molecular flexibility index (Phi) is 6.74. The molecule has 0 aliphatic carbocycles. The summed E-state index contributed by atoms with van der Waals surface area (Å²) < 4.78 is 11.9. The molecule has 144 valence electrons. The number of carbonyl (C=O) groups is 1. The molecule has 1 N–H and O–H groups in total. The van der Waals surface area contributed by atoms with Crippen LogP contribution in [0.3, 0.4) is 0 Å². The lowest BCUT2D eigenvalue weighted by Crippen LogP contribution is -2.36. The Morgan fingerprint density at radius 2 is 1.89 bits per heavy atom. The average Bonchev–Trinajstić information content (AvgIpc) is 2.67. The molecule has 5 nitrogen and oxygen atoms in total. The van der Waals surface area contributed by atoms with Crippen molar-refractivity contribution in [1.29, 1.82) is 0 Å². The maximum atomic E-state index is 12.2. The molecular weight excluding hydrogens is 408 g/mol. The Morgan fingerprint density at radius 1 is 1.19 bits per heavy atom. The van der Waals surface area contributed by atoms with Crippen LogP contribution in [0.15, 0.2) is 46.9 Å². The number of benzene rings is 2. The summed E-state index contributed by atoms with van der Waals surface area (Å²) in [4.78, 5) is 14.4. The summed E-state index contributed by atoms with van der Waals surface area (Å²) in [7, 11) is 0. The number of hydrogen-bond donors (Lipinski definition) is 1. The number of nitrogens with zero attached hydrogens (tertiary/aromatic N) is 1. The molecule has 0 radical (unpaired) electrons. The molecule has 0 unspecified atom stereocenters. The summed E-state index contributed by atoms with van der Waals surface area (Å²) in [6.45, 7) is 7.48. The normalized spacial score (nSPS) is 14.3. The highest BCUT2D eigenvalue weighted by Gasteiger charge is 2.14. The Bertz CT molecular complexity index is 771. The lowest BCUT2D eigenvalue weighted by atomic mass is 10.0. The molecule has 3 rings (SSSR count). The van der Waals surface area contributed by atoms with Crippen molar-refractivity contribution in [2.45, 2.75) is 19.8 Å². The molecule has 0 spiro atoms. The van der Waals surface area contributed by atoms with Crippen LogP contribution in [0.1, 0.15) is 25.3 Å². The number of amides is 1. The zero-order valence-corrected chi connectivity index (χ0v) is 17.3. The van der Waals surface area contributed by atoms with Crippen LogP contribution in [0.5, 0.6) is 5.75 Å². The van der Waals surface area contributed by atoms with E-state index in [1.807, 2.05) is 42.5 Å². The first kappa shape index (κ1) is 19.7. The van der Waals surface area contributed by atoms with Crippen LogP contribution in [0, 0.1) is 0 Å². The van der Waals surface area contributed by atoms with E-state index in [1.54, 1.807) is 0 Å². The molecule has 1 aliphatic heterocycles. The van der Waals surface area contributed by atoms with Crippen LogP contribution in [-0.4, -0.2) is 38.8 Å². The van der Waals surface area contributed by atoms with Gasteiger partial charge in [0.05, 0.1) is 18.9 Å². The number of carbonyl (C=O) groups excluding carboxylic acids is 1. The van der Waals surface area contributed by atoms with Gasteiger partial charge in [0.25, 0.3) is 5.91 Å². The topological polar surface area (TPSA) is 50.8 Å². The molecule has 1 fully saturated rings. The molecule has 2 aromatic carbocycles. The average molecular weight is 433 g/mol. The van der Waals surface area contributed by atoms with Gasteiger partial charge in [-0.05, 0) is 57.7 Å². The number of anilines is 2. The predicted molar refractivity (Wildman–Crippen MR) is 112 cm³/mol. The number of ether oxygens (including phenoxy) is 2. The lowest BCUT2D eigenvalue weighted by Gasteiger charge is -2.29. The second kappa shape index (κ2) is 9.24. The minimum Gasteiger partial charge on any atom is -0.484 e. The van der Waals surface area contributed by atoms with E-state index in [0.717, 1.165) is 42.2 Å². The van der Waals surface area contributed by atoms with Gasteiger partial charge in [-0.1, -0.05) is 26.0 Å². The van der Waals surface area contributed by atoms with Crippen molar-refractivity contribution >= 4 is 33.2 Å². The van der Waals surface area contributed by atoms with Crippen LogP contribution in [-0.2, 0) is 9.53 Å². The van der Waals surface area contributed by atoms with E-state index in [-0.39, 0.29) is 12.5 Å². The van der Waals surface area contributed by atoms with Crippen LogP contribution < -0.4 is 15.0 Å². The van der Waals surface area contributed by atoms with E-state index in [2.05, 4.69) is 40.0 Å². The number of nitrogens with one attached hydrogen (secondary N) is 1. The van der Waals surface area contributed by atoms with Crippen LogP contribution in [0.2, 0.25) is 0 Å². The van der Waals surface area contributed by atoms with Gasteiger partial charge < -0.3 is 19.7 Å². The largest absolute Gasteiger partial charge is 0.484 e. The fraction of sp³-hybridized carbons (Fsp3) is 0.381. The van der Waals surface area contributed by atoms with Crippen LogP contribution >= 0.6 is 15.9 Å². The van der Waals surface area contributed by atoms with Gasteiger partial charge in [-0.15, -0.1) is 0 Å². The summed E-state index contributed by atoms with van der Waals surface area (Å²) in [6, 6.07) is 13.7. The second-order valence-corrected chi connectivity index (χ2v) is 7.68. The van der Waals surface area contributed by atoms with E-state index >= 15 is 0 Å². The molecule has 0 atom stereocenters. The van der Waals surface area contributed by atoms with E-state index < -0.39 is 0 Å². The SMILES string of the molecule is CC(C)c1ccc(OCC(=O)Nc2ccc(N3CCOCC3)c(Br)c2)cc1. The predicted octanol–water partition coefficient (Wildman–Crippen LogP) is 4.43. The molecule has 1 saturated heterocycles. The van der Waals surface area contributed by atoms with Gasteiger partial charge >= 0.3 is 0 Å². The molecule has 0 saturated carbocycles. The monoisotopic (exact) mass is 432 g/mol. The maximum absolute atomic E-state index is 12.2. The molecule has 6 heteroatoms. The minimum absolute atomic E-state index is 0.0239.